The van der Waals surface area contributed by atoms with Crippen LogP contribution in [0.5, 0.6) is 0 Å². The minimum Gasteiger partial charge on any atom is -0.357 e. The lowest BCUT2D eigenvalue weighted by molar-refractivity contribution is 0.614. The number of benzene rings is 1. The molecule has 0 aliphatic rings. The summed E-state index contributed by atoms with van der Waals surface area (Å²) < 4.78 is 16.3. The van der Waals surface area contributed by atoms with Crippen LogP contribution in [0.4, 0.5) is 4.39 Å². The van der Waals surface area contributed by atoms with Gasteiger partial charge in [0.15, 0.2) is 5.96 Å². The number of imidazole rings is 1. The highest BCUT2D eigenvalue weighted by Gasteiger charge is 2.08. The topological polar surface area (TPSA) is 67.1 Å². The van der Waals surface area contributed by atoms with E-state index in [1.54, 1.807) is 35.3 Å². The molecule has 0 radical (unpaired) electrons. The lowest BCUT2D eigenvalue weighted by Gasteiger charge is -2.12. The normalized spacial score (nSPS) is 11.5. The van der Waals surface area contributed by atoms with Crippen molar-refractivity contribution in [2.45, 2.75) is 26.8 Å². The Hall–Kier alpha value is -2.93. The molecule has 2 heterocycles. The molecule has 3 rings (SSSR count). The highest BCUT2D eigenvalue weighted by Crippen LogP contribution is 2.17. The number of guanidine groups is 1. The fourth-order valence-corrected chi connectivity index (χ4v) is 2.98. The van der Waals surface area contributed by atoms with Crippen LogP contribution in [0.25, 0.3) is 5.69 Å². The summed E-state index contributed by atoms with van der Waals surface area (Å²) in [5.74, 6) is 1.13. The molecule has 0 amide bonds. The van der Waals surface area contributed by atoms with Gasteiger partial charge in [-0.2, -0.15) is 0 Å². The molecule has 0 bridgehead atoms. The molecule has 152 valence electrons. The first-order chi connectivity index (χ1) is 14.1. The Kier molecular flexibility index (Phi) is 7.19. The van der Waals surface area contributed by atoms with Gasteiger partial charge in [-0.25, -0.2) is 19.4 Å². The summed E-state index contributed by atoms with van der Waals surface area (Å²) in [6.45, 7) is 5.65. The molecule has 0 aliphatic carbocycles. The number of aromatic nitrogens is 3. The molecule has 2 N–H and O–H groups in total. The van der Waals surface area contributed by atoms with Crippen LogP contribution in [0.1, 0.15) is 23.9 Å². The van der Waals surface area contributed by atoms with E-state index >= 15 is 0 Å². The van der Waals surface area contributed by atoms with E-state index in [1.807, 2.05) is 26.0 Å². The fourth-order valence-electron chi connectivity index (χ4n) is 2.87. The Morgan fingerprint density at radius 3 is 2.66 bits per heavy atom. The zero-order valence-electron chi connectivity index (χ0n) is 16.5. The molecule has 8 heteroatoms. The van der Waals surface area contributed by atoms with Gasteiger partial charge in [0.1, 0.15) is 16.8 Å². The molecule has 1 aromatic carbocycles. The minimum atomic E-state index is -0.299. The second kappa shape index (κ2) is 10.0. The van der Waals surface area contributed by atoms with Crippen LogP contribution < -0.4 is 10.6 Å². The van der Waals surface area contributed by atoms with Crippen molar-refractivity contribution in [2.24, 2.45) is 4.99 Å². The highest BCUT2D eigenvalue weighted by atomic mass is 35.5. The average molecular weight is 415 g/mol. The van der Waals surface area contributed by atoms with E-state index in [0.29, 0.717) is 29.9 Å². The second-order valence-corrected chi connectivity index (χ2v) is 6.88. The third kappa shape index (κ3) is 5.77. The van der Waals surface area contributed by atoms with Gasteiger partial charge in [0.25, 0.3) is 0 Å². The predicted octanol–water partition coefficient (Wildman–Crippen LogP) is 3.67. The maximum Gasteiger partial charge on any atom is 0.191 e. The number of hydrogen-bond acceptors (Lipinski definition) is 3. The van der Waals surface area contributed by atoms with Crippen molar-refractivity contribution in [1.29, 1.82) is 0 Å². The quantitative estimate of drug-likeness (QED) is 0.351. The Morgan fingerprint density at radius 2 is 2.00 bits per heavy atom. The van der Waals surface area contributed by atoms with E-state index in [-0.39, 0.29) is 5.82 Å². The number of halogens is 2. The maximum absolute atomic E-state index is 14.5. The fraction of sp³-hybridized carbons (Fsp3) is 0.286. The molecule has 2 aromatic heterocycles. The average Bonchev–Trinajstić information content (AvgIpc) is 3.13. The van der Waals surface area contributed by atoms with Gasteiger partial charge in [-0.15, -0.1) is 0 Å². The molecule has 29 heavy (non-hydrogen) atoms. The van der Waals surface area contributed by atoms with E-state index in [4.69, 9.17) is 11.6 Å². The monoisotopic (exact) mass is 414 g/mol. The largest absolute Gasteiger partial charge is 0.357 e. The second-order valence-electron chi connectivity index (χ2n) is 6.49. The van der Waals surface area contributed by atoms with Gasteiger partial charge in [-0.05, 0) is 49.6 Å². The van der Waals surface area contributed by atoms with Crippen molar-refractivity contribution < 1.29 is 4.39 Å². The standard InChI is InChI=1S/C21H24ClFN6/c1-3-24-21(26-9-8-16-5-7-20(22)27-13-16)28-14-17-4-6-19(18(23)12-17)29-11-10-25-15(29)2/h4-7,10-13H,3,8-9,14H2,1-2H3,(H2,24,26,28). The number of nitrogens with one attached hydrogen (secondary N) is 2. The Bertz CT molecular complexity index is 968. The molecule has 0 saturated carbocycles. The van der Waals surface area contributed by atoms with Crippen molar-refractivity contribution in [3.63, 3.8) is 0 Å². The molecule has 6 nitrogen and oxygen atoms in total. The lowest BCUT2D eigenvalue weighted by atomic mass is 10.2. The number of aliphatic imine (C=N–C) groups is 1. The number of hydrogen-bond donors (Lipinski definition) is 2. The van der Waals surface area contributed by atoms with Crippen LogP contribution >= 0.6 is 11.6 Å². The zero-order chi connectivity index (χ0) is 20.6. The summed E-state index contributed by atoms with van der Waals surface area (Å²) in [5, 5.41) is 6.97. The van der Waals surface area contributed by atoms with Gasteiger partial charge >= 0.3 is 0 Å². The Morgan fingerprint density at radius 1 is 1.17 bits per heavy atom. The van der Waals surface area contributed by atoms with Gasteiger partial charge in [0, 0.05) is 31.7 Å². The zero-order valence-corrected chi connectivity index (χ0v) is 17.2. The van der Waals surface area contributed by atoms with Gasteiger partial charge in [-0.3, -0.25) is 0 Å². The molecule has 0 aliphatic heterocycles. The van der Waals surface area contributed by atoms with Crippen LogP contribution in [-0.2, 0) is 13.0 Å². The third-order valence-corrected chi connectivity index (χ3v) is 4.58. The van der Waals surface area contributed by atoms with Gasteiger partial charge in [-0.1, -0.05) is 23.7 Å². The molecule has 0 saturated heterocycles. The van der Waals surface area contributed by atoms with E-state index in [1.165, 1.54) is 6.07 Å². The van der Waals surface area contributed by atoms with E-state index in [9.17, 15) is 4.39 Å². The minimum absolute atomic E-state index is 0.299. The summed E-state index contributed by atoms with van der Waals surface area (Å²) in [4.78, 5) is 12.8. The van der Waals surface area contributed by atoms with Gasteiger partial charge < -0.3 is 15.2 Å². The molecule has 3 aromatic rings. The first kappa shape index (κ1) is 20.8. The molecule has 0 spiro atoms. The number of pyridine rings is 1. The predicted molar refractivity (Wildman–Crippen MR) is 114 cm³/mol. The van der Waals surface area contributed by atoms with Crippen LogP contribution in [0, 0.1) is 12.7 Å². The molecule has 0 atom stereocenters. The maximum atomic E-state index is 14.5. The van der Waals surface area contributed by atoms with E-state index < -0.39 is 0 Å². The molecule has 0 fully saturated rings. The smallest absolute Gasteiger partial charge is 0.191 e. The number of aryl methyl sites for hydroxylation is 1. The van der Waals surface area contributed by atoms with Crippen molar-refractivity contribution in [2.75, 3.05) is 13.1 Å². The molecule has 0 unspecified atom stereocenters. The van der Waals surface area contributed by atoms with Crippen LogP contribution in [-0.4, -0.2) is 33.6 Å². The van der Waals surface area contributed by atoms with Crippen molar-refractivity contribution in [3.05, 3.63) is 76.8 Å². The molecular formula is C21H24ClFN6. The first-order valence-electron chi connectivity index (χ1n) is 9.48. The molecular weight excluding hydrogens is 391 g/mol. The van der Waals surface area contributed by atoms with Gasteiger partial charge in [0.05, 0.1) is 12.2 Å². The van der Waals surface area contributed by atoms with E-state index in [2.05, 4.69) is 25.6 Å². The van der Waals surface area contributed by atoms with Crippen molar-refractivity contribution in [3.8, 4) is 5.69 Å². The Balaban J connectivity index is 1.61. The highest BCUT2D eigenvalue weighted by molar-refractivity contribution is 6.29. The number of nitrogens with zero attached hydrogens (tertiary/aromatic N) is 4. The number of rotatable bonds is 7. The summed E-state index contributed by atoms with van der Waals surface area (Å²) >= 11 is 5.81. The van der Waals surface area contributed by atoms with Gasteiger partial charge in [0.2, 0.25) is 0 Å². The summed E-state index contributed by atoms with van der Waals surface area (Å²) in [5.41, 5.74) is 2.36. The van der Waals surface area contributed by atoms with Crippen LogP contribution in [0.15, 0.2) is 53.9 Å². The summed E-state index contributed by atoms with van der Waals surface area (Å²) in [6, 6.07) is 8.88. The van der Waals surface area contributed by atoms with E-state index in [0.717, 1.165) is 29.9 Å². The van der Waals surface area contributed by atoms with Crippen molar-refractivity contribution >= 4 is 17.6 Å². The Labute approximate surface area is 174 Å². The summed E-state index contributed by atoms with van der Waals surface area (Å²) in [6.07, 6.45) is 5.96. The third-order valence-electron chi connectivity index (χ3n) is 4.36. The van der Waals surface area contributed by atoms with Crippen LogP contribution in [0.2, 0.25) is 5.15 Å². The first-order valence-corrected chi connectivity index (χ1v) is 9.86. The lowest BCUT2D eigenvalue weighted by Crippen LogP contribution is -2.38. The van der Waals surface area contributed by atoms with Crippen LogP contribution in [0.3, 0.4) is 0 Å². The summed E-state index contributed by atoms with van der Waals surface area (Å²) in [7, 11) is 0. The van der Waals surface area contributed by atoms with Crippen molar-refractivity contribution in [1.82, 2.24) is 25.2 Å². The SMILES string of the molecule is CCNC(=NCc1ccc(-n2ccnc2C)c(F)c1)NCCc1ccc(Cl)nc1.